The van der Waals surface area contributed by atoms with E-state index in [0.717, 1.165) is 11.3 Å². The van der Waals surface area contributed by atoms with E-state index in [1.165, 1.54) is 11.1 Å². The molecule has 18 heavy (non-hydrogen) atoms. The molecule has 0 saturated heterocycles. The molecule has 0 fully saturated rings. The van der Waals surface area contributed by atoms with Crippen LogP contribution in [0.15, 0.2) is 54.9 Å². The molecule has 0 bridgehead atoms. The van der Waals surface area contributed by atoms with Gasteiger partial charge in [0.25, 0.3) is 0 Å². The van der Waals surface area contributed by atoms with Gasteiger partial charge in [-0.05, 0) is 36.1 Å². The third kappa shape index (κ3) is 1.76. The third-order valence-corrected chi connectivity index (χ3v) is 2.87. The summed E-state index contributed by atoms with van der Waals surface area (Å²) in [7, 11) is 0. The molecule has 2 aromatic heterocycles. The molecule has 0 saturated carbocycles. The molecule has 0 N–H and O–H groups in total. The van der Waals surface area contributed by atoms with E-state index in [1.54, 1.807) is 6.20 Å². The molecule has 2 heteroatoms. The smallest absolute Gasteiger partial charge is 0.137 e. The van der Waals surface area contributed by atoms with E-state index < -0.39 is 0 Å². The Morgan fingerprint density at radius 3 is 2.61 bits per heavy atom. The van der Waals surface area contributed by atoms with Gasteiger partial charge < -0.3 is 0 Å². The van der Waals surface area contributed by atoms with Gasteiger partial charge in [-0.3, -0.25) is 4.40 Å². The molecule has 0 aliphatic carbocycles. The maximum absolute atomic E-state index is 4.33. The number of aromatic nitrogens is 2. The lowest BCUT2D eigenvalue weighted by Crippen LogP contribution is -1.89. The largest absolute Gasteiger partial charge is 0.292 e. The van der Waals surface area contributed by atoms with Crippen molar-refractivity contribution in [1.82, 2.24) is 9.38 Å². The quantitative estimate of drug-likeness (QED) is 0.588. The van der Waals surface area contributed by atoms with Gasteiger partial charge in [-0.2, -0.15) is 0 Å². The van der Waals surface area contributed by atoms with Gasteiger partial charge in [0, 0.05) is 6.20 Å². The van der Waals surface area contributed by atoms with Crippen LogP contribution < -0.4 is 0 Å². The molecule has 0 aliphatic rings. The van der Waals surface area contributed by atoms with E-state index in [-0.39, 0.29) is 0 Å². The van der Waals surface area contributed by atoms with Gasteiger partial charge in [-0.25, -0.2) is 4.98 Å². The summed E-state index contributed by atoms with van der Waals surface area (Å²) in [5.41, 5.74) is 4.21. The number of pyridine rings is 1. The zero-order chi connectivity index (χ0) is 12.4. The van der Waals surface area contributed by atoms with Crippen LogP contribution in [0.25, 0.3) is 16.8 Å². The van der Waals surface area contributed by atoms with Crippen molar-refractivity contribution in [3.63, 3.8) is 0 Å². The Hall–Kier alpha value is -2.53. The zero-order valence-electron chi connectivity index (χ0n) is 10.1. The lowest BCUT2D eigenvalue weighted by atomic mass is 10.1. The maximum atomic E-state index is 4.33. The summed E-state index contributed by atoms with van der Waals surface area (Å²) in [4.78, 5) is 4.33. The minimum absolute atomic E-state index is 0.922. The van der Waals surface area contributed by atoms with Crippen molar-refractivity contribution < 1.29 is 0 Å². The number of hydrogen-bond acceptors (Lipinski definition) is 1. The fraction of sp³-hybridized carbons (Fsp3) is 0.0625. The first-order valence-electron chi connectivity index (χ1n) is 5.84. The Bertz CT molecular complexity index is 743. The van der Waals surface area contributed by atoms with Crippen molar-refractivity contribution in [1.29, 1.82) is 0 Å². The summed E-state index contributed by atoms with van der Waals surface area (Å²) >= 11 is 0. The van der Waals surface area contributed by atoms with E-state index in [0.29, 0.717) is 0 Å². The summed E-state index contributed by atoms with van der Waals surface area (Å²) < 4.78 is 2.03. The average Bonchev–Trinajstić information content (AvgIpc) is 2.83. The van der Waals surface area contributed by atoms with Crippen LogP contribution in [0.1, 0.15) is 12.6 Å². The first-order chi connectivity index (χ1) is 8.88. The van der Waals surface area contributed by atoms with Crippen LogP contribution in [0, 0.1) is 11.8 Å². The van der Waals surface area contributed by atoms with Crippen molar-refractivity contribution in [2.24, 2.45) is 0 Å². The van der Waals surface area contributed by atoms with Gasteiger partial charge in [0.1, 0.15) is 11.3 Å². The third-order valence-electron chi connectivity index (χ3n) is 2.87. The Kier molecular flexibility index (Phi) is 2.59. The van der Waals surface area contributed by atoms with Crippen LogP contribution in [0.4, 0.5) is 0 Å². The average molecular weight is 232 g/mol. The highest BCUT2D eigenvalue weighted by molar-refractivity contribution is 5.65. The SMILES string of the molecule is CC#Cc1cnc2ccc(-c3ccccc3)cn12. The van der Waals surface area contributed by atoms with Crippen LogP contribution >= 0.6 is 0 Å². The van der Waals surface area contributed by atoms with Crippen molar-refractivity contribution in [2.75, 3.05) is 0 Å². The van der Waals surface area contributed by atoms with Crippen molar-refractivity contribution in [3.05, 3.63) is 60.6 Å². The minimum Gasteiger partial charge on any atom is -0.292 e. The van der Waals surface area contributed by atoms with Crippen LogP contribution in [0.3, 0.4) is 0 Å². The van der Waals surface area contributed by atoms with Gasteiger partial charge in [0.15, 0.2) is 0 Å². The van der Waals surface area contributed by atoms with E-state index >= 15 is 0 Å². The molecule has 0 spiro atoms. The minimum atomic E-state index is 0.922. The van der Waals surface area contributed by atoms with E-state index in [1.807, 2.05) is 35.6 Å². The van der Waals surface area contributed by atoms with Crippen LogP contribution in [-0.2, 0) is 0 Å². The van der Waals surface area contributed by atoms with Crippen LogP contribution in [0.2, 0.25) is 0 Å². The predicted molar refractivity (Wildman–Crippen MR) is 73.2 cm³/mol. The molecule has 3 aromatic rings. The number of rotatable bonds is 1. The van der Waals surface area contributed by atoms with Crippen molar-refractivity contribution in [3.8, 4) is 23.0 Å². The Labute approximate surface area is 106 Å². The molecule has 3 rings (SSSR count). The number of imidazole rings is 1. The Morgan fingerprint density at radius 1 is 1.00 bits per heavy atom. The van der Waals surface area contributed by atoms with Crippen LogP contribution in [0.5, 0.6) is 0 Å². The second kappa shape index (κ2) is 4.38. The van der Waals surface area contributed by atoms with E-state index in [9.17, 15) is 0 Å². The van der Waals surface area contributed by atoms with Crippen molar-refractivity contribution in [2.45, 2.75) is 6.92 Å². The Balaban J connectivity index is 2.20. The molecule has 2 heterocycles. The highest BCUT2D eigenvalue weighted by Crippen LogP contribution is 2.20. The van der Waals surface area contributed by atoms with Gasteiger partial charge >= 0.3 is 0 Å². The summed E-state index contributed by atoms with van der Waals surface area (Å²) in [6, 6.07) is 14.4. The number of nitrogens with zero attached hydrogens (tertiary/aromatic N) is 2. The van der Waals surface area contributed by atoms with Gasteiger partial charge in [0.2, 0.25) is 0 Å². The Morgan fingerprint density at radius 2 is 1.83 bits per heavy atom. The molecule has 86 valence electrons. The zero-order valence-corrected chi connectivity index (χ0v) is 10.1. The topological polar surface area (TPSA) is 17.3 Å². The fourth-order valence-electron chi connectivity index (χ4n) is 2.00. The molecule has 0 radical (unpaired) electrons. The molecule has 0 amide bonds. The second-order valence-electron chi connectivity index (χ2n) is 4.03. The van der Waals surface area contributed by atoms with Crippen LogP contribution in [-0.4, -0.2) is 9.38 Å². The van der Waals surface area contributed by atoms with Gasteiger partial charge in [-0.1, -0.05) is 36.3 Å². The number of fused-ring (bicyclic) bond motifs is 1. The molecule has 2 nitrogen and oxygen atoms in total. The predicted octanol–water partition coefficient (Wildman–Crippen LogP) is 3.37. The molecular formula is C16H12N2. The first kappa shape index (κ1) is 10.6. The molecular weight excluding hydrogens is 220 g/mol. The summed E-state index contributed by atoms with van der Waals surface area (Å²) in [6.45, 7) is 1.83. The summed E-state index contributed by atoms with van der Waals surface area (Å²) in [5.74, 6) is 5.97. The molecule has 0 unspecified atom stereocenters. The fourth-order valence-corrected chi connectivity index (χ4v) is 2.00. The highest BCUT2D eigenvalue weighted by atomic mass is 15.0. The molecule has 1 aromatic carbocycles. The normalized spacial score (nSPS) is 10.1. The number of benzene rings is 1. The van der Waals surface area contributed by atoms with E-state index in [2.05, 4.69) is 41.2 Å². The maximum Gasteiger partial charge on any atom is 0.137 e. The molecule has 0 atom stereocenters. The monoisotopic (exact) mass is 232 g/mol. The molecule has 0 aliphatic heterocycles. The van der Waals surface area contributed by atoms with E-state index in [4.69, 9.17) is 0 Å². The standard InChI is InChI=1S/C16H12N2/c1-2-6-15-11-17-16-10-9-14(12-18(15)16)13-7-4-3-5-8-13/h3-5,7-12H,1H3. The summed E-state index contributed by atoms with van der Waals surface area (Å²) in [6.07, 6.45) is 3.89. The van der Waals surface area contributed by atoms with Gasteiger partial charge in [-0.15, -0.1) is 0 Å². The highest BCUT2D eigenvalue weighted by Gasteiger charge is 2.03. The number of hydrogen-bond donors (Lipinski definition) is 0. The summed E-state index contributed by atoms with van der Waals surface area (Å²) in [5, 5.41) is 0. The lowest BCUT2D eigenvalue weighted by Gasteiger charge is -2.03. The van der Waals surface area contributed by atoms with Crippen molar-refractivity contribution >= 4 is 5.65 Å². The second-order valence-corrected chi connectivity index (χ2v) is 4.03. The van der Waals surface area contributed by atoms with Gasteiger partial charge in [0.05, 0.1) is 6.20 Å². The lowest BCUT2D eigenvalue weighted by molar-refractivity contribution is 1.16. The first-order valence-corrected chi connectivity index (χ1v) is 5.84.